The Kier molecular flexibility index (Phi) is 3.20. The Morgan fingerprint density at radius 1 is 1.20 bits per heavy atom. The molecule has 0 radical (unpaired) electrons. The van der Waals surface area contributed by atoms with E-state index >= 15 is 0 Å². The summed E-state index contributed by atoms with van der Waals surface area (Å²) < 4.78 is 0. The number of hydrogen-bond acceptors (Lipinski definition) is 5. The van der Waals surface area contributed by atoms with Crippen molar-refractivity contribution in [3.63, 3.8) is 0 Å². The van der Waals surface area contributed by atoms with Gasteiger partial charge < -0.3 is 16.0 Å². The Hall–Kier alpha value is -2.63. The fourth-order valence-electron chi connectivity index (χ4n) is 2.17. The smallest absolute Gasteiger partial charge is 0.239 e. The molecule has 0 atom stereocenters. The van der Waals surface area contributed by atoms with Gasteiger partial charge in [-0.25, -0.2) is 9.97 Å². The highest BCUT2D eigenvalue weighted by Crippen LogP contribution is 2.21. The van der Waals surface area contributed by atoms with E-state index in [1.54, 1.807) is 6.07 Å². The Morgan fingerprint density at radius 2 is 2.00 bits per heavy atom. The molecule has 1 aliphatic heterocycles. The number of amides is 1. The van der Waals surface area contributed by atoms with E-state index in [4.69, 9.17) is 5.73 Å². The second-order valence-corrected chi connectivity index (χ2v) is 4.61. The van der Waals surface area contributed by atoms with E-state index in [1.807, 2.05) is 35.2 Å². The first-order valence-corrected chi connectivity index (χ1v) is 6.44. The van der Waals surface area contributed by atoms with E-state index in [2.05, 4.69) is 15.3 Å². The number of nitrogens with one attached hydrogen (secondary N) is 1. The SMILES string of the molecule is Nc1cc(N2CCNC(=O)C2)nc(-c2ccccc2)n1. The zero-order valence-electron chi connectivity index (χ0n) is 10.9. The Balaban J connectivity index is 1.96. The summed E-state index contributed by atoms with van der Waals surface area (Å²) in [6.07, 6.45) is 0. The Morgan fingerprint density at radius 3 is 2.75 bits per heavy atom. The maximum absolute atomic E-state index is 11.5. The minimum absolute atomic E-state index is 0.00491. The van der Waals surface area contributed by atoms with Gasteiger partial charge in [-0.3, -0.25) is 4.79 Å². The van der Waals surface area contributed by atoms with E-state index < -0.39 is 0 Å². The van der Waals surface area contributed by atoms with Crippen LogP contribution in [0.25, 0.3) is 11.4 Å². The van der Waals surface area contributed by atoms with E-state index in [0.717, 1.165) is 12.1 Å². The maximum atomic E-state index is 11.5. The van der Waals surface area contributed by atoms with E-state index in [-0.39, 0.29) is 5.91 Å². The number of benzene rings is 1. The molecule has 6 nitrogen and oxygen atoms in total. The van der Waals surface area contributed by atoms with Crippen molar-refractivity contribution in [2.24, 2.45) is 0 Å². The summed E-state index contributed by atoms with van der Waals surface area (Å²) in [6.45, 7) is 1.63. The highest BCUT2D eigenvalue weighted by molar-refractivity contribution is 5.82. The quantitative estimate of drug-likeness (QED) is 0.836. The van der Waals surface area contributed by atoms with Crippen LogP contribution in [-0.4, -0.2) is 35.5 Å². The third-order valence-electron chi connectivity index (χ3n) is 3.13. The lowest BCUT2D eigenvalue weighted by atomic mass is 10.2. The second kappa shape index (κ2) is 5.16. The summed E-state index contributed by atoms with van der Waals surface area (Å²) in [7, 11) is 0. The minimum atomic E-state index is -0.00491. The number of rotatable bonds is 2. The molecular weight excluding hydrogens is 254 g/mol. The average Bonchev–Trinajstić information content (AvgIpc) is 2.47. The standard InChI is InChI=1S/C14H15N5O/c15-11-8-12(19-7-6-16-13(20)9-19)18-14(17-11)10-4-2-1-3-5-10/h1-5,8H,6-7,9H2,(H,16,20)(H2,15,17,18). The van der Waals surface area contributed by atoms with Gasteiger partial charge in [0, 0.05) is 24.7 Å². The molecule has 6 heteroatoms. The zero-order valence-corrected chi connectivity index (χ0v) is 10.9. The van der Waals surface area contributed by atoms with Crippen LogP contribution in [-0.2, 0) is 4.79 Å². The van der Waals surface area contributed by atoms with Crippen LogP contribution in [0.3, 0.4) is 0 Å². The molecule has 1 aromatic carbocycles. The third-order valence-corrected chi connectivity index (χ3v) is 3.13. The number of nitrogens with zero attached hydrogens (tertiary/aromatic N) is 3. The van der Waals surface area contributed by atoms with Crippen LogP contribution in [0.15, 0.2) is 36.4 Å². The van der Waals surface area contributed by atoms with Crippen LogP contribution < -0.4 is 16.0 Å². The lowest BCUT2D eigenvalue weighted by Gasteiger charge is -2.27. The molecule has 1 aromatic heterocycles. The van der Waals surface area contributed by atoms with Crippen molar-refractivity contribution in [1.29, 1.82) is 0 Å². The molecule has 1 saturated heterocycles. The largest absolute Gasteiger partial charge is 0.384 e. The first-order chi connectivity index (χ1) is 9.72. The molecule has 1 aliphatic rings. The second-order valence-electron chi connectivity index (χ2n) is 4.61. The van der Waals surface area contributed by atoms with Crippen molar-refractivity contribution < 1.29 is 4.79 Å². The number of piperazine rings is 1. The lowest BCUT2D eigenvalue weighted by molar-refractivity contribution is -0.120. The molecule has 3 rings (SSSR count). The highest BCUT2D eigenvalue weighted by Gasteiger charge is 2.18. The number of anilines is 2. The van der Waals surface area contributed by atoms with Gasteiger partial charge in [0.15, 0.2) is 5.82 Å². The van der Waals surface area contributed by atoms with Crippen LogP contribution in [0.4, 0.5) is 11.6 Å². The number of nitrogens with two attached hydrogens (primary N) is 1. The zero-order chi connectivity index (χ0) is 13.9. The van der Waals surface area contributed by atoms with Crippen LogP contribution in [0.1, 0.15) is 0 Å². The molecule has 0 aliphatic carbocycles. The molecule has 0 saturated carbocycles. The molecule has 2 heterocycles. The molecule has 102 valence electrons. The monoisotopic (exact) mass is 269 g/mol. The fourth-order valence-corrected chi connectivity index (χ4v) is 2.17. The van der Waals surface area contributed by atoms with Crippen LogP contribution in [0.5, 0.6) is 0 Å². The molecule has 2 aromatic rings. The van der Waals surface area contributed by atoms with Gasteiger partial charge in [0.1, 0.15) is 11.6 Å². The predicted octanol–water partition coefficient (Wildman–Crippen LogP) is 0.662. The van der Waals surface area contributed by atoms with Crippen molar-refractivity contribution in [3.8, 4) is 11.4 Å². The van der Waals surface area contributed by atoms with Crippen LogP contribution in [0, 0.1) is 0 Å². The summed E-state index contributed by atoms with van der Waals surface area (Å²) in [5.41, 5.74) is 6.76. The van der Waals surface area contributed by atoms with E-state index in [1.165, 1.54) is 0 Å². The van der Waals surface area contributed by atoms with Crippen molar-refractivity contribution in [2.75, 3.05) is 30.3 Å². The molecular formula is C14H15N5O. The molecule has 0 bridgehead atoms. The van der Waals surface area contributed by atoms with E-state index in [9.17, 15) is 4.79 Å². The number of hydrogen-bond donors (Lipinski definition) is 2. The van der Waals surface area contributed by atoms with Gasteiger partial charge in [-0.2, -0.15) is 0 Å². The summed E-state index contributed by atoms with van der Waals surface area (Å²) in [4.78, 5) is 22.1. The van der Waals surface area contributed by atoms with Gasteiger partial charge in [0.05, 0.1) is 6.54 Å². The Labute approximate surface area is 116 Å². The number of aromatic nitrogens is 2. The van der Waals surface area contributed by atoms with Crippen LogP contribution >= 0.6 is 0 Å². The van der Waals surface area contributed by atoms with Crippen molar-refractivity contribution in [3.05, 3.63) is 36.4 Å². The van der Waals surface area contributed by atoms with Crippen LogP contribution in [0.2, 0.25) is 0 Å². The first kappa shape index (κ1) is 12.4. The van der Waals surface area contributed by atoms with Gasteiger partial charge in [-0.05, 0) is 0 Å². The van der Waals surface area contributed by atoms with E-state index in [0.29, 0.717) is 30.5 Å². The average molecular weight is 269 g/mol. The lowest BCUT2D eigenvalue weighted by Crippen LogP contribution is -2.48. The van der Waals surface area contributed by atoms with Gasteiger partial charge >= 0.3 is 0 Å². The third kappa shape index (κ3) is 2.54. The van der Waals surface area contributed by atoms with Crippen molar-refractivity contribution in [1.82, 2.24) is 15.3 Å². The van der Waals surface area contributed by atoms with Crippen molar-refractivity contribution >= 4 is 17.5 Å². The summed E-state index contributed by atoms with van der Waals surface area (Å²) >= 11 is 0. The number of nitrogen functional groups attached to an aromatic ring is 1. The van der Waals surface area contributed by atoms with Gasteiger partial charge in [-0.15, -0.1) is 0 Å². The number of carbonyl (C=O) groups excluding carboxylic acids is 1. The predicted molar refractivity (Wildman–Crippen MR) is 77.1 cm³/mol. The molecule has 20 heavy (non-hydrogen) atoms. The summed E-state index contributed by atoms with van der Waals surface area (Å²) in [6, 6.07) is 11.4. The Bertz CT molecular complexity index is 629. The normalized spacial score (nSPS) is 15.0. The van der Waals surface area contributed by atoms with Gasteiger partial charge in [-0.1, -0.05) is 30.3 Å². The van der Waals surface area contributed by atoms with Gasteiger partial charge in [0.25, 0.3) is 0 Å². The molecule has 0 spiro atoms. The molecule has 3 N–H and O–H groups in total. The molecule has 1 amide bonds. The maximum Gasteiger partial charge on any atom is 0.239 e. The first-order valence-electron chi connectivity index (χ1n) is 6.44. The molecule has 1 fully saturated rings. The summed E-state index contributed by atoms with van der Waals surface area (Å²) in [5, 5.41) is 2.79. The summed E-state index contributed by atoms with van der Waals surface area (Å²) in [5.74, 6) is 1.66. The van der Waals surface area contributed by atoms with Crippen molar-refractivity contribution in [2.45, 2.75) is 0 Å². The van der Waals surface area contributed by atoms with Gasteiger partial charge in [0.2, 0.25) is 5.91 Å². The highest BCUT2D eigenvalue weighted by atomic mass is 16.2. The molecule has 0 unspecified atom stereocenters. The fraction of sp³-hybridized carbons (Fsp3) is 0.214. The number of carbonyl (C=O) groups is 1. The minimum Gasteiger partial charge on any atom is -0.384 e. The topological polar surface area (TPSA) is 84.1 Å².